The van der Waals surface area contributed by atoms with Gasteiger partial charge in [0.25, 0.3) is 0 Å². The second-order valence-electron chi connectivity index (χ2n) is 6.24. The van der Waals surface area contributed by atoms with E-state index < -0.39 is 0 Å². The van der Waals surface area contributed by atoms with Crippen molar-refractivity contribution in [3.63, 3.8) is 0 Å². The van der Waals surface area contributed by atoms with E-state index in [4.69, 9.17) is 0 Å². The Hall–Kier alpha value is -2.13. The van der Waals surface area contributed by atoms with E-state index in [9.17, 15) is 9.90 Å². The molecule has 2 aromatic carbocycles. The molecule has 112 valence electrons. The fraction of sp³-hybridized carbons (Fsp3) is 0.316. The summed E-state index contributed by atoms with van der Waals surface area (Å²) in [5.41, 5.74) is 4.13. The van der Waals surface area contributed by atoms with Gasteiger partial charge in [-0.25, -0.2) is 0 Å². The molecule has 1 fully saturated rings. The Balaban J connectivity index is 1.71. The number of phenolic OH excluding ortho intramolecular Hbond substituents is 1. The van der Waals surface area contributed by atoms with Crippen LogP contribution in [-0.2, 0) is 6.54 Å². The van der Waals surface area contributed by atoms with Crippen molar-refractivity contribution in [2.24, 2.45) is 0 Å². The average molecular weight is 293 g/mol. The molecule has 0 aromatic heterocycles. The van der Waals surface area contributed by atoms with Gasteiger partial charge in [-0.3, -0.25) is 9.69 Å². The van der Waals surface area contributed by atoms with Crippen LogP contribution in [0.25, 0.3) is 11.1 Å². The number of rotatable bonds is 2. The van der Waals surface area contributed by atoms with Gasteiger partial charge >= 0.3 is 0 Å². The van der Waals surface area contributed by atoms with Crippen molar-refractivity contribution in [3.05, 3.63) is 53.1 Å². The number of carbonyl (C=O) groups is 1. The summed E-state index contributed by atoms with van der Waals surface area (Å²) < 4.78 is 0. The Morgan fingerprint density at radius 1 is 0.909 bits per heavy atom. The van der Waals surface area contributed by atoms with E-state index in [0.29, 0.717) is 5.75 Å². The highest BCUT2D eigenvalue weighted by molar-refractivity contribution is 6.21. The molecule has 22 heavy (non-hydrogen) atoms. The maximum Gasteiger partial charge on any atom is 0.194 e. The highest BCUT2D eigenvalue weighted by atomic mass is 16.3. The van der Waals surface area contributed by atoms with Crippen molar-refractivity contribution in [1.29, 1.82) is 0 Å². The van der Waals surface area contributed by atoms with Gasteiger partial charge in [0.15, 0.2) is 5.78 Å². The number of nitrogens with zero attached hydrogens (tertiary/aromatic N) is 1. The van der Waals surface area contributed by atoms with Crippen molar-refractivity contribution in [2.75, 3.05) is 13.1 Å². The number of phenols is 1. The standard InChI is InChI=1S/C19H19NO2/c21-18-11-16-14-6-2-3-7-15(14)19(22)17(16)10-13(18)12-20-8-4-1-5-9-20/h2-3,6-7,10-11,21H,1,4-5,8-9,12H2. The van der Waals surface area contributed by atoms with Gasteiger partial charge in [-0.15, -0.1) is 0 Å². The molecule has 0 radical (unpaired) electrons. The van der Waals surface area contributed by atoms with Crippen LogP contribution in [-0.4, -0.2) is 28.9 Å². The summed E-state index contributed by atoms with van der Waals surface area (Å²) in [5.74, 6) is 0.374. The molecule has 0 unspecified atom stereocenters. The summed E-state index contributed by atoms with van der Waals surface area (Å²) in [6.07, 6.45) is 3.73. The second-order valence-corrected chi connectivity index (χ2v) is 6.24. The first-order chi connectivity index (χ1) is 10.7. The molecule has 1 aliphatic heterocycles. The number of carbonyl (C=O) groups excluding carboxylic acids is 1. The van der Waals surface area contributed by atoms with E-state index >= 15 is 0 Å². The van der Waals surface area contributed by atoms with Crippen LogP contribution in [0.1, 0.15) is 40.7 Å². The van der Waals surface area contributed by atoms with Crippen LogP contribution in [0, 0.1) is 0 Å². The van der Waals surface area contributed by atoms with E-state index in [0.717, 1.165) is 47.5 Å². The van der Waals surface area contributed by atoms with E-state index in [1.165, 1.54) is 19.3 Å². The lowest BCUT2D eigenvalue weighted by Gasteiger charge is -2.26. The molecule has 0 bridgehead atoms. The molecule has 2 aliphatic rings. The molecule has 1 aliphatic carbocycles. The topological polar surface area (TPSA) is 40.5 Å². The van der Waals surface area contributed by atoms with Gasteiger partial charge in [-0.2, -0.15) is 0 Å². The van der Waals surface area contributed by atoms with Crippen LogP contribution in [0.2, 0.25) is 0 Å². The number of aromatic hydroxyl groups is 1. The third kappa shape index (κ3) is 2.13. The second kappa shape index (κ2) is 5.25. The summed E-state index contributed by atoms with van der Waals surface area (Å²) in [4.78, 5) is 14.9. The van der Waals surface area contributed by atoms with Gasteiger partial charge < -0.3 is 5.11 Å². The molecule has 4 rings (SSSR count). The van der Waals surface area contributed by atoms with Crippen molar-refractivity contribution >= 4 is 5.78 Å². The highest BCUT2D eigenvalue weighted by Gasteiger charge is 2.28. The van der Waals surface area contributed by atoms with Crippen LogP contribution in [0.4, 0.5) is 0 Å². The first kappa shape index (κ1) is 13.5. The maximum absolute atomic E-state index is 12.5. The number of piperidine rings is 1. The smallest absolute Gasteiger partial charge is 0.194 e. The number of hydrogen-bond donors (Lipinski definition) is 1. The minimum atomic E-state index is 0.0745. The molecule has 0 spiro atoms. The highest BCUT2D eigenvalue weighted by Crippen LogP contribution is 2.40. The fourth-order valence-electron chi connectivity index (χ4n) is 3.59. The van der Waals surface area contributed by atoms with Gasteiger partial charge in [0.2, 0.25) is 0 Å². The predicted octanol–water partition coefficient (Wildman–Crippen LogP) is 3.59. The Labute approximate surface area is 130 Å². The zero-order valence-corrected chi connectivity index (χ0v) is 12.5. The Morgan fingerprint density at radius 2 is 1.64 bits per heavy atom. The fourth-order valence-corrected chi connectivity index (χ4v) is 3.59. The molecule has 3 nitrogen and oxygen atoms in total. The molecule has 2 aromatic rings. The van der Waals surface area contributed by atoms with Crippen LogP contribution < -0.4 is 0 Å². The van der Waals surface area contributed by atoms with Gasteiger partial charge in [-0.05, 0) is 49.2 Å². The zero-order valence-electron chi connectivity index (χ0n) is 12.5. The monoisotopic (exact) mass is 293 g/mol. The number of fused-ring (bicyclic) bond motifs is 3. The average Bonchev–Trinajstić information content (AvgIpc) is 2.82. The lowest BCUT2D eigenvalue weighted by atomic mass is 10.0. The molecular weight excluding hydrogens is 274 g/mol. The first-order valence-corrected chi connectivity index (χ1v) is 7.96. The van der Waals surface area contributed by atoms with Gasteiger partial charge in [-0.1, -0.05) is 30.7 Å². The quantitative estimate of drug-likeness (QED) is 0.785. The van der Waals surface area contributed by atoms with Gasteiger partial charge in [0.05, 0.1) is 0 Å². The van der Waals surface area contributed by atoms with Gasteiger partial charge in [0, 0.05) is 23.2 Å². The van der Waals surface area contributed by atoms with Crippen LogP contribution in [0.3, 0.4) is 0 Å². The SMILES string of the molecule is O=C1c2ccccc2-c2cc(O)c(CN3CCCCC3)cc21. The predicted molar refractivity (Wildman–Crippen MR) is 86.1 cm³/mol. The number of ketones is 1. The Morgan fingerprint density at radius 3 is 2.41 bits per heavy atom. The minimum Gasteiger partial charge on any atom is -0.508 e. The summed E-state index contributed by atoms with van der Waals surface area (Å²) in [6.45, 7) is 2.87. The molecule has 1 heterocycles. The molecular formula is C19H19NO2. The lowest BCUT2D eigenvalue weighted by molar-refractivity contribution is 0.104. The minimum absolute atomic E-state index is 0.0745. The van der Waals surface area contributed by atoms with Crippen molar-refractivity contribution in [3.8, 4) is 16.9 Å². The number of likely N-dealkylation sites (tertiary alicyclic amines) is 1. The number of benzene rings is 2. The lowest BCUT2D eigenvalue weighted by Crippen LogP contribution is -2.29. The van der Waals surface area contributed by atoms with Crippen LogP contribution >= 0.6 is 0 Å². The molecule has 3 heteroatoms. The molecule has 0 amide bonds. The van der Waals surface area contributed by atoms with Crippen LogP contribution in [0.15, 0.2) is 36.4 Å². The summed E-state index contributed by atoms with van der Waals surface area (Å²) in [7, 11) is 0. The summed E-state index contributed by atoms with van der Waals surface area (Å²) in [6, 6.07) is 11.3. The molecule has 1 saturated heterocycles. The zero-order chi connectivity index (χ0) is 15.1. The van der Waals surface area contributed by atoms with Crippen molar-refractivity contribution in [2.45, 2.75) is 25.8 Å². The molecule has 1 N–H and O–H groups in total. The normalized spacial score (nSPS) is 17.4. The van der Waals surface area contributed by atoms with E-state index in [1.54, 1.807) is 6.07 Å². The largest absolute Gasteiger partial charge is 0.508 e. The maximum atomic E-state index is 12.5. The van der Waals surface area contributed by atoms with Gasteiger partial charge in [0.1, 0.15) is 5.75 Å². The number of hydrogen-bond acceptors (Lipinski definition) is 3. The molecule has 0 atom stereocenters. The Bertz CT molecular complexity index is 745. The molecule has 0 saturated carbocycles. The van der Waals surface area contributed by atoms with E-state index in [-0.39, 0.29) is 5.78 Å². The summed E-state index contributed by atoms with van der Waals surface area (Å²) in [5, 5.41) is 10.4. The van der Waals surface area contributed by atoms with Crippen LogP contribution in [0.5, 0.6) is 5.75 Å². The third-order valence-corrected chi connectivity index (χ3v) is 4.77. The summed E-state index contributed by atoms with van der Waals surface area (Å²) >= 11 is 0. The first-order valence-electron chi connectivity index (χ1n) is 7.96. The van der Waals surface area contributed by atoms with E-state index in [1.807, 2.05) is 30.3 Å². The van der Waals surface area contributed by atoms with E-state index in [2.05, 4.69) is 4.90 Å². The van der Waals surface area contributed by atoms with Crippen molar-refractivity contribution < 1.29 is 9.90 Å². The Kier molecular flexibility index (Phi) is 3.23. The third-order valence-electron chi connectivity index (χ3n) is 4.77. The van der Waals surface area contributed by atoms with Crippen molar-refractivity contribution in [1.82, 2.24) is 4.90 Å².